The van der Waals surface area contributed by atoms with Crippen LogP contribution in [0.1, 0.15) is 19.4 Å². The van der Waals surface area contributed by atoms with E-state index in [-0.39, 0.29) is 0 Å². The minimum Gasteiger partial charge on any atom is -0.264 e. The normalized spacial score (nSPS) is 15.6. The molecule has 0 aliphatic carbocycles. The first-order valence-corrected chi connectivity index (χ1v) is 4.91. The highest BCUT2D eigenvalue weighted by Gasteiger charge is 2.05. The Morgan fingerprint density at radius 1 is 1.43 bits per heavy atom. The van der Waals surface area contributed by atoms with Gasteiger partial charge in [-0.25, -0.2) is 5.32 Å². The van der Waals surface area contributed by atoms with Crippen molar-refractivity contribution >= 4 is 6.08 Å². The predicted octanol–water partition coefficient (Wildman–Crippen LogP) is 2.35. The summed E-state index contributed by atoms with van der Waals surface area (Å²) in [6, 6.07) is 4.37. The molecule has 2 unspecified atom stereocenters. The van der Waals surface area contributed by atoms with Crippen molar-refractivity contribution in [2.75, 3.05) is 7.05 Å². The molecule has 0 amide bonds. The van der Waals surface area contributed by atoms with Gasteiger partial charge in [-0.1, -0.05) is 25.1 Å². The van der Waals surface area contributed by atoms with E-state index < -0.39 is 0 Å². The molecule has 14 heavy (non-hydrogen) atoms. The lowest BCUT2D eigenvalue weighted by molar-refractivity contribution is 0.492. The minimum absolute atomic E-state index is 0.378. The van der Waals surface area contributed by atoms with Crippen LogP contribution in [0.25, 0.3) is 6.08 Å². The summed E-state index contributed by atoms with van der Waals surface area (Å²) in [5.41, 5.74) is 1.14. The highest BCUT2D eigenvalue weighted by atomic mass is 14.9. The van der Waals surface area contributed by atoms with Gasteiger partial charge < -0.3 is 0 Å². The molecule has 0 saturated heterocycles. The number of hydrogen-bond acceptors (Lipinski definition) is 1. The lowest BCUT2D eigenvalue weighted by Gasteiger charge is -2.13. The second-order valence-electron chi connectivity index (χ2n) is 3.50. The molecule has 0 spiro atoms. The molecule has 0 fully saturated rings. The maximum absolute atomic E-state index is 4.23. The van der Waals surface area contributed by atoms with Crippen LogP contribution in [0.4, 0.5) is 0 Å². The van der Waals surface area contributed by atoms with Crippen molar-refractivity contribution in [1.82, 2.24) is 10.3 Å². The average molecular weight is 189 g/mol. The van der Waals surface area contributed by atoms with Gasteiger partial charge in [0.25, 0.3) is 0 Å². The van der Waals surface area contributed by atoms with E-state index >= 15 is 0 Å². The molecule has 0 aromatic carbocycles. The Morgan fingerprint density at radius 3 is 2.79 bits per heavy atom. The topological polar surface area (TPSA) is 27.0 Å². The van der Waals surface area contributed by atoms with E-state index in [9.17, 15) is 0 Å². The van der Waals surface area contributed by atoms with Gasteiger partial charge in [0.1, 0.15) is 0 Å². The number of nitrogens with zero attached hydrogens (tertiary/aromatic N) is 2. The molecule has 2 nitrogen and oxygen atoms in total. The summed E-state index contributed by atoms with van der Waals surface area (Å²) in [5, 5.41) is 4.23. The predicted molar refractivity (Wildman–Crippen MR) is 60.0 cm³/mol. The quantitative estimate of drug-likeness (QED) is 0.714. The second-order valence-corrected chi connectivity index (χ2v) is 3.50. The number of hydrogen-bond donors (Lipinski definition) is 0. The van der Waals surface area contributed by atoms with Crippen LogP contribution < -0.4 is 5.32 Å². The summed E-state index contributed by atoms with van der Waals surface area (Å²) >= 11 is 0. The van der Waals surface area contributed by atoms with Gasteiger partial charge in [0, 0.05) is 25.5 Å². The first-order chi connectivity index (χ1) is 6.74. The Balaban J connectivity index is 2.56. The van der Waals surface area contributed by atoms with Crippen LogP contribution in [0, 0.1) is 5.92 Å². The Hall–Kier alpha value is -1.15. The van der Waals surface area contributed by atoms with Gasteiger partial charge >= 0.3 is 0 Å². The van der Waals surface area contributed by atoms with E-state index in [0.717, 1.165) is 5.56 Å². The highest BCUT2D eigenvalue weighted by molar-refractivity contribution is 5.47. The molecule has 1 aromatic heterocycles. The van der Waals surface area contributed by atoms with Gasteiger partial charge in [0.05, 0.1) is 0 Å². The lowest BCUT2D eigenvalue weighted by atomic mass is 10.0. The van der Waals surface area contributed by atoms with Crippen LogP contribution in [0.5, 0.6) is 0 Å². The van der Waals surface area contributed by atoms with Gasteiger partial charge in [-0.15, -0.1) is 0 Å². The number of pyridine rings is 1. The summed E-state index contributed by atoms with van der Waals surface area (Å²) in [5.74, 6) is 0.472. The van der Waals surface area contributed by atoms with Gasteiger partial charge in [-0.2, -0.15) is 0 Å². The van der Waals surface area contributed by atoms with E-state index in [1.165, 1.54) is 0 Å². The standard InChI is InChI=1S/C12H17N2/c1-10(11(2)13-3)6-7-12-5-4-8-14-9-12/h4-11H,1-3H3/b7-6-. The zero-order valence-corrected chi connectivity index (χ0v) is 9.01. The molecule has 75 valence electrons. The third kappa shape index (κ3) is 3.30. The first-order valence-electron chi connectivity index (χ1n) is 4.91. The molecule has 1 radical (unpaired) electrons. The Labute approximate surface area is 86.1 Å². The summed E-state index contributed by atoms with van der Waals surface area (Å²) in [4.78, 5) is 4.05. The number of aromatic nitrogens is 1. The molecule has 0 aliphatic rings. The molecule has 0 saturated carbocycles. The first kappa shape index (κ1) is 10.9. The molecule has 1 heterocycles. The van der Waals surface area contributed by atoms with Crippen LogP contribution in [0.2, 0.25) is 0 Å². The zero-order chi connectivity index (χ0) is 10.4. The van der Waals surface area contributed by atoms with E-state index in [1.807, 2.05) is 25.4 Å². The molecule has 0 aliphatic heterocycles. The molecular formula is C12H17N2. The van der Waals surface area contributed by atoms with Crippen molar-refractivity contribution in [2.45, 2.75) is 19.9 Å². The summed E-state index contributed by atoms with van der Waals surface area (Å²) < 4.78 is 0. The van der Waals surface area contributed by atoms with Gasteiger partial charge in [0.15, 0.2) is 0 Å². The van der Waals surface area contributed by atoms with Crippen LogP contribution >= 0.6 is 0 Å². The van der Waals surface area contributed by atoms with Crippen molar-refractivity contribution in [3.63, 3.8) is 0 Å². The van der Waals surface area contributed by atoms with Crippen molar-refractivity contribution in [2.24, 2.45) is 5.92 Å². The van der Waals surface area contributed by atoms with E-state index in [0.29, 0.717) is 12.0 Å². The average Bonchev–Trinajstić information content (AvgIpc) is 2.26. The molecule has 1 rings (SSSR count). The monoisotopic (exact) mass is 189 g/mol. The van der Waals surface area contributed by atoms with Crippen LogP contribution in [-0.4, -0.2) is 18.1 Å². The Kier molecular flexibility index (Phi) is 4.33. The molecule has 2 atom stereocenters. The van der Waals surface area contributed by atoms with Gasteiger partial charge in [-0.3, -0.25) is 4.98 Å². The van der Waals surface area contributed by atoms with E-state index in [4.69, 9.17) is 0 Å². The largest absolute Gasteiger partial charge is 0.264 e. The van der Waals surface area contributed by atoms with E-state index in [2.05, 4.69) is 36.3 Å². The van der Waals surface area contributed by atoms with E-state index in [1.54, 1.807) is 6.20 Å². The van der Waals surface area contributed by atoms with Crippen molar-refractivity contribution in [1.29, 1.82) is 0 Å². The molecule has 0 N–H and O–H groups in total. The third-order valence-electron chi connectivity index (χ3n) is 2.44. The van der Waals surface area contributed by atoms with Crippen molar-refractivity contribution < 1.29 is 0 Å². The fraction of sp³-hybridized carbons (Fsp3) is 0.417. The summed E-state index contributed by atoms with van der Waals surface area (Å²) in [6.07, 6.45) is 7.91. The Bertz CT molecular complexity index is 280. The zero-order valence-electron chi connectivity index (χ0n) is 9.01. The SMILES string of the molecule is C[N]C(C)C(C)/C=C\c1cccnc1. The molecular weight excluding hydrogens is 172 g/mol. The maximum atomic E-state index is 4.23. The fourth-order valence-electron chi connectivity index (χ4n) is 1.13. The highest BCUT2D eigenvalue weighted by Crippen LogP contribution is 2.08. The van der Waals surface area contributed by atoms with Crippen LogP contribution in [-0.2, 0) is 0 Å². The molecule has 1 aromatic rings. The van der Waals surface area contributed by atoms with Crippen LogP contribution in [0.15, 0.2) is 30.6 Å². The van der Waals surface area contributed by atoms with Crippen molar-refractivity contribution in [3.05, 3.63) is 36.2 Å². The lowest BCUT2D eigenvalue weighted by Crippen LogP contribution is -2.21. The van der Waals surface area contributed by atoms with Crippen LogP contribution in [0.3, 0.4) is 0 Å². The van der Waals surface area contributed by atoms with Crippen molar-refractivity contribution in [3.8, 4) is 0 Å². The summed E-state index contributed by atoms with van der Waals surface area (Å²) in [6.45, 7) is 4.29. The second kappa shape index (κ2) is 5.55. The molecule has 0 bridgehead atoms. The third-order valence-corrected chi connectivity index (χ3v) is 2.44. The maximum Gasteiger partial charge on any atom is 0.0340 e. The summed E-state index contributed by atoms with van der Waals surface area (Å²) in [7, 11) is 1.86. The van der Waals surface area contributed by atoms with Gasteiger partial charge in [-0.05, 0) is 24.5 Å². The number of rotatable bonds is 4. The molecule has 2 heteroatoms. The van der Waals surface area contributed by atoms with Gasteiger partial charge in [0.2, 0.25) is 0 Å². The minimum atomic E-state index is 0.378. The Morgan fingerprint density at radius 2 is 2.21 bits per heavy atom. The fourth-order valence-corrected chi connectivity index (χ4v) is 1.13. The smallest absolute Gasteiger partial charge is 0.0340 e.